The summed E-state index contributed by atoms with van der Waals surface area (Å²) in [5.74, 6) is 0. The first-order valence-electron chi connectivity index (χ1n) is 6.71. The number of allylic oxidation sites excluding steroid dienone is 1. The van der Waals surface area contributed by atoms with E-state index in [9.17, 15) is 0 Å². The van der Waals surface area contributed by atoms with Gasteiger partial charge < -0.3 is 10.1 Å². The van der Waals surface area contributed by atoms with Crippen LogP contribution in [-0.2, 0) is 4.74 Å². The van der Waals surface area contributed by atoms with Crippen molar-refractivity contribution < 1.29 is 4.74 Å². The van der Waals surface area contributed by atoms with Gasteiger partial charge in [-0.2, -0.15) is 0 Å². The molecule has 0 aromatic carbocycles. The summed E-state index contributed by atoms with van der Waals surface area (Å²) in [4.78, 5) is 0. The molecule has 3 unspecified atom stereocenters. The SMILES string of the molecule is C=CCCCC(C)NC(C)CC1CCCO1. The first-order chi connectivity index (χ1) is 7.72. The Hall–Kier alpha value is -0.340. The van der Waals surface area contributed by atoms with Crippen molar-refractivity contribution in [2.45, 2.75) is 70.6 Å². The van der Waals surface area contributed by atoms with Crippen molar-refractivity contribution in [3.63, 3.8) is 0 Å². The number of rotatable bonds is 8. The second-order valence-electron chi connectivity index (χ2n) is 5.06. The van der Waals surface area contributed by atoms with E-state index in [1.54, 1.807) is 0 Å². The molecule has 0 bridgehead atoms. The van der Waals surface area contributed by atoms with Crippen molar-refractivity contribution >= 4 is 0 Å². The molecule has 1 rings (SSSR count). The van der Waals surface area contributed by atoms with Gasteiger partial charge >= 0.3 is 0 Å². The molecule has 0 aromatic heterocycles. The van der Waals surface area contributed by atoms with Crippen molar-refractivity contribution in [3.05, 3.63) is 12.7 Å². The van der Waals surface area contributed by atoms with Crippen LogP contribution in [0.5, 0.6) is 0 Å². The molecule has 0 radical (unpaired) electrons. The van der Waals surface area contributed by atoms with Crippen LogP contribution in [0.25, 0.3) is 0 Å². The molecule has 2 nitrogen and oxygen atoms in total. The quantitative estimate of drug-likeness (QED) is 0.505. The summed E-state index contributed by atoms with van der Waals surface area (Å²) in [6.07, 6.45) is 9.76. The Bertz CT molecular complexity index is 187. The fourth-order valence-corrected chi connectivity index (χ4v) is 2.43. The maximum Gasteiger partial charge on any atom is 0.0590 e. The van der Waals surface area contributed by atoms with E-state index in [-0.39, 0.29) is 0 Å². The molecule has 0 saturated carbocycles. The van der Waals surface area contributed by atoms with Gasteiger partial charge in [0.05, 0.1) is 6.10 Å². The molecule has 2 heteroatoms. The summed E-state index contributed by atoms with van der Waals surface area (Å²) in [5, 5.41) is 3.65. The van der Waals surface area contributed by atoms with Gasteiger partial charge in [-0.1, -0.05) is 6.08 Å². The molecule has 0 aromatic rings. The van der Waals surface area contributed by atoms with Gasteiger partial charge in [-0.3, -0.25) is 0 Å². The largest absolute Gasteiger partial charge is 0.378 e. The number of nitrogens with one attached hydrogen (secondary N) is 1. The van der Waals surface area contributed by atoms with Crippen LogP contribution in [0.15, 0.2) is 12.7 Å². The molecular weight excluding hydrogens is 198 g/mol. The van der Waals surface area contributed by atoms with E-state index in [4.69, 9.17) is 4.74 Å². The van der Waals surface area contributed by atoms with Crippen LogP contribution < -0.4 is 5.32 Å². The molecule has 1 fully saturated rings. The van der Waals surface area contributed by atoms with Crippen LogP contribution in [0.1, 0.15) is 52.4 Å². The second kappa shape index (κ2) is 7.86. The Morgan fingerprint density at radius 3 is 2.88 bits per heavy atom. The fraction of sp³-hybridized carbons (Fsp3) is 0.857. The third kappa shape index (κ3) is 5.66. The Balaban J connectivity index is 2.07. The molecule has 16 heavy (non-hydrogen) atoms. The molecular formula is C14H27NO. The molecule has 0 amide bonds. The van der Waals surface area contributed by atoms with Crippen molar-refractivity contribution in [1.82, 2.24) is 5.32 Å². The molecule has 1 aliphatic rings. The van der Waals surface area contributed by atoms with Gasteiger partial charge in [0, 0.05) is 18.7 Å². The highest BCUT2D eigenvalue weighted by molar-refractivity contribution is 4.75. The predicted octanol–water partition coefficient (Wildman–Crippen LogP) is 3.28. The van der Waals surface area contributed by atoms with E-state index >= 15 is 0 Å². The van der Waals surface area contributed by atoms with Crippen molar-refractivity contribution in [3.8, 4) is 0 Å². The van der Waals surface area contributed by atoms with Crippen LogP contribution in [0.4, 0.5) is 0 Å². The molecule has 0 aliphatic carbocycles. The van der Waals surface area contributed by atoms with Crippen LogP contribution in [0, 0.1) is 0 Å². The topological polar surface area (TPSA) is 21.3 Å². The van der Waals surface area contributed by atoms with Crippen molar-refractivity contribution in [2.24, 2.45) is 0 Å². The van der Waals surface area contributed by atoms with E-state index in [1.807, 2.05) is 6.08 Å². The molecule has 1 aliphatic heterocycles. The van der Waals surface area contributed by atoms with Gasteiger partial charge in [-0.05, 0) is 52.4 Å². The fourth-order valence-electron chi connectivity index (χ4n) is 2.43. The number of ether oxygens (including phenoxy) is 1. The Morgan fingerprint density at radius 2 is 2.25 bits per heavy atom. The normalized spacial score (nSPS) is 24.2. The van der Waals surface area contributed by atoms with Gasteiger partial charge in [0.2, 0.25) is 0 Å². The summed E-state index contributed by atoms with van der Waals surface area (Å²) >= 11 is 0. The standard InChI is InChI=1S/C14H27NO/c1-4-5-6-8-12(2)15-13(3)11-14-9-7-10-16-14/h4,12-15H,1,5-11H2,2-3H3. The van der Waals surface area contributed by atoms with Crippen LogP contribution in [0.3, 0.4) is 0 Å². The van der Waals surface area contributed by atoms with Crippen LogP contribution in [0.2, 0.25) is 0 Å². The summed E-state index contributed by atoms with van der Waals surface area (Å²) in [7, 11) is 0. The predicted molar refractivity (Wildman–Crippen MR) is 69.7 cm³/mol. The molecule has 94 valence electrons. The lowest BCUT2D eigenvalue weighted by atomic mass is 10.1. The molecule has 1 heterocycles. The Kier molecular flexibility index (Phi) is 6.74. The van der Waals surface area contributed by atoms with Gasteiger partial charge in [0.1, 0.15) is 0 Å². The van der Waals surface area contributed by atoms with E-state index in [0.29, 0.717) is 18.2 Å². The smallest absolute Gasteiger partial charge is 0.0590 e. The van der Waals surface area contributed by atoms with E-state index in [0.717, 1.165) is 19.4 Å². The zero-order valence-electron chi connectivity index (χ0n) is 10.9. The lowest BCUT2D eigenvalue weighted by Crippen LogP contribution is -2.36. The molecule has 3 atom stereocenters. The van der Waals surface area contributed by atoms with Gasteiger partial charge in [-0.25, -0.2) is 0 Å². The van der Waals surface area contributed by atoms with Crippen molar-refractivity contribution in [1.29, 1.82) is 0 Å². The lowest BCUT2D eigenvalue weighted by molar-refractivity contribution is 0.0951. The number of hydrogen-bond donors (Lipinski definition) is 1. The van der Waals surface area contributed by atoms with E-state index < -0.39 is 0 Å². The molecule has 1 saturated heterocycles. The Morgan fingerprint density at radius 1 is 1.44 bits per heavy atom. The average molecular weight is 225 g/mol. The summed E-state index contributed by atoms with van der Waals surface area (Å²) in [5.41, 5.74) is 0. The highest BCUT2D eigenvalue weighted by Gasteiger charge is 2.18. The minimum atomic E-state index is 0.503. The van der Waals surface area contributed by atoms with Crippen LogP contribution >= 0.6 is 0 Å². The van der Waals surface area contributed by atoms with E-state index in [2.05, 4.69) is 25.7 Å². The minimum absolute atomic E-state index is 0.503. The van der Waals surface area contributed by atoms with Gasteiger partial charge in [0.15, 0.2) is 0 Å². The zero-order chi connectivity index (χ0) is 11.8. The van der Waals surface area contributed by atoms with Gasteiger partial charge in [0.25, 0.3) is 0 Å². The third-order valence-corrected chi connectivity index (χ3v) is 3.25. The molecule has 0 spiro atoms. The number of hydrogen-bond acceptors (Lipinski definition) is 2. The van der Waals surface area contributed by atoms with E-state index in [1.165, 1.54) is 25.7 Å². The monoisotopic (exact) mass is 225 g/mol. The summed E-state index contributed by atoms with van der Waals surface area (Å²) in [6, 6.07) is 1.18. The summed E-state index contributed by atoms with van der Waals surface area (Å²) in [6.45, 7) is 9.26. The average Bonchev–Trinajstić information content (AvgIpc) is 2.70. The first-order valence-corrected chi connectivity index (χ1v) is 6.71. The zero-order valence-corrected chi connectivity index (χ0v) is 10.9. The number of unbranched alkanes of at least 4 members (excludes halogenated alkanes) is 1. The highest BCUT2D eigenvalue weighted by Crippen LogP contribution is 2.17. The highest BCUT2D eigenvalue weighted by atomic mass is 16.5. The minimum Gasteiger partial charge on any atom is -0.378 e. The Labute approximate surface area is 100 Å². The maximum absolute atomic E-state index is 5.65. The summed E-state index contributed by atoms with van der Waals surface area (Å²) < 4.78 is 5.65. The first kappa shape index (κ1) is 13.7. The maximum atomic E-state index is 5.65. The molecule has 1 N–H and O–H groups in total. The van der Waals surface area contributed by atoms with Crippen molar-refractivity contribution in [2.75, 3.05) is 6.61 Å². The van der Waals surface area contributed by atoms with Gasteiger partial charge in [-0.15, -0.1) is 6.58 Å². The third-order valence-electron chi connectivity index (χ3n) is 3.25. The van der Waals surface area contributed by atoms with Crippen LogP contribution in [-0.4, -0.2) is 24.8 Å². The second-order valence-corrected chi connectivity index (χ2v) is 5.06. The lowest BCUT2D eigenvalue weighted by Gasteiger charge is -2.22.